The molecule has 0 bridgehead atoms. The summed E-state index contributed by atoms with van der Waals surface area (Å²) in [5.74, 6) is 1.13. The van der Waals surface area contributed by atoms with Crippen LogP contribution in [0.3, 0.4) is 0 Å². The van der Waals surface area contributed by atoms with Crippen LogP contribution in [0.5, 0.6) is 0 Å². The molecule has 2 heterocycles. The monoisotopic (exact) mass is 285 g/mol. The second-order valence-corrected chi connectivity index (χ2v) is 7.57. The lowest BCUT2D eigenvalue weighted by atomic mass is 10.1. The minimum absolute atomic E-state index is 0.190. The fourth-order valence-electron chi connectivity index (χ4n) is 2.72. The van der Waals surface area contributed by atoms with Crippen LogP contribution in [-0.4, -0.2) is 35.5 Å². The maximum Gasteiger partial charge on any atom is 0.155 e. The standard InChI is InChI=1S/C13H23N3O2S/c1-3-7-14-12(13-15-8-9-16(13)2)11-6-4-5-10-19(11,17)18/h8-9,11-12,14H,3-7,10H2,1-2H3. The number of rotatable bonds is 5. The zero-order chi connectivity index (χ0) is 13.9. The lowest BCUT2D eigenvalue weighted by Crippen LogP contribution is -2.42. The van der Waals surface area contributed by atoms with Crippen LogP contribution in [0.2, 0.25) is 0 Å². The summed E-state index contributed by atoms with van der Waals surface area (Å²) in [6, 6.07) is -0.190. The van der Waals surface area contributed by atoms with Crippen LogP contribution in [0, 0.1) is 0 Å². The summed E-state index contributed by atoms with van der Waals surface area (Å²) >= 11 is 0. The fourth-order valence-corrected chi connectivity index (χ4v) is 4.79. The molecule has 0 aliphatic carbocycles. The normalized spacial score (nSPS) is 24.2. The van der Waals surface area contributed by atoms with E-state index in [1.54, 1.807) is 6.20 Å². The number of hydrogen-bond donors (Lipinski definition) is 1. The average Bonchev–Trinajstić information content (AvgIpc) is 2.78. The van der Waals surface area contributed by atoms with Crippen LogP contribution in [-0.2, 0) is 16.9 Å². The molecule has 2 unspecified atom stereocenters. The zero-order valence-corrected chi connectivity index (χ0v) is 12.5. The third-order valence-corrected chi connectivity index (χ3v) is 6.04. The molecule has 1 aromatic rings. The molecule has 108 valence electrons. The summed E-state index contributed by atoms with van der Waals surface area (Å²) < 4.78 is 26.5. The summed E-state index contributed by atoms with van der Waals surface area (Å²) in [6.45, 7) is 2.89. The van der Waals surface area contributed by atoms with Gasteiger partial charge in [-0.05, 0) is 25.8 Å². The fraction of sp³-hybridized carbons (Fsp3) is 0.769. The molecule has 0 aromatic carbocycles. The van der Waals surface area contributed by atoms with Crippen molar-refractivity contribution in [3.8, 4) is 0 Å². The van der Waals surface area contributed by atoms with E-state index in [2.05, 4.69) is 17.2 Å². The molecule has 1 fully saturated rings. The second-order valence-electron chi connectivity index (χ2n) is 5.23. The highest BCUT2D eigenvalue weighted by Crippen LogP contribution is 2.29. The highest BCUT2D eigenvalue weighted by Gasteiger charge is 2.37. The van der Waals surface area contributed by atoms with Crippen LogP contribution < -0.4 is 5.32 Å². The van der Waals surface area contributed by atoms with Crippen LogP contribution in [0.15, 0.2) is 12.4 Å². The summed E-state index contributed by atoms with van der Waals surface area (Å²) in [5.41, 5.74) is 0. The first-order valence-corrected chi connectivity index (χ1v) is 8.70. The van der Waals surface area contributed by atoms with Crippen LogP contribution in [0.1, 0.15) is 44.5 Å². The predicted octanol–water partition coefficient (Wildman–Crippen LogP) is 1.43. The van der Waals surface area contributed by atoms with Crippen molar-refractivity contribution in [2.75, 3.05) is 12.3 Å². The molecule has 0 saturated carbocycles. The second kappa shape index (κ2) is 6.05. The van der Waals surface area contributed by atoms with E-state index >= 15 is 0 Å². The third kappa shape index (κ3) is 3.17. The molecule has 6 heteroatoms. The van der Waals surface area contributed by atoms with Gasteiger partial charge >= 0.3 is 0 Å². The Morgan fingerprint density at radius 2 is 2.32 bits per heavy atom. The predicted molar refractivity (Wildman–Crippen MR) is 75.7 cm³/mol. The maximum atomic E-state index is 12.3. The van der Waals surface area contributed by atoms with Gasteiger partial charge in [0.05, 0.1) is 17.0 Å². The molecule has 0 spiro atoms. The van der Waals surface area contributed by atoms with E-state index < -0.39 is 9.84 Å². The van der Waals surface area contributed by atoms with E-state index in [4.69, 9.17) is 0 Å². The van der Waals surface area contributed by atoms with Gasteiger partial charge in [0.2, 0.25) is 0 Å². The number of nitrogens with one attached hydrogen (secondary N) is 1. The first-order valence-electron chi connectivity index (χ1n) is 6.98. The van der Waals surface area contributed by atoms with Crippen LogP contribution >= 0.6 is 0 Å². The molecule has 2 rings (SSSR count). The topological polar surface area (TPSA) is 64.0 Å². The molecule has 5 nitrogen and oxygen atoms in total. The van der Waals surface area contributed by atoms with E-state index in [9.17, 15) is 8.42 Å². The quantitative estimate of drug-likeness (QED) is 0.889. The van der Waals surface area contributed by atoms with Gasteiger partial charge in [0.1, 0.15) is 5.82 Å². The van der Waals surface area contributed by atoms with E-state index in [1.807, 2.05) is 17.8 Å². The van der Waals surface area contributed by atoms with Gasteiger partial charge in [-0.3, -0.25) is 0 Å². The number of nitrogens with zero attached hydrogens (tertiary/aromatic N) is 2. The average molecular weight is 285 g/mol. The Balaban J connectivity index is 2.29. The Morgan fingerprint density at radius 3 is 2.89 bits per heavy atom. The van der Waals surface area contributed by atoms with Gasteiger partial charge in [-0.25, -0.2) is 13.4 Å². The summed E-state index contributed by atoms with van der Waals surface area (Å²) in [4.78, 5) is 4.35. The highest BCUT2D eigenvalue weighted by atomic mass is 32.2. The molecular weight excluding hydrogens is 262 g/mol. The zero-order valence-electron chi connectivity index (χ0n) is 11.7. The summed E-state index contributed by atoms with van der Waals surface area (Å²) in [7, 11) is -1.10. The van der Waals surface area contributed by atoms with Gasteiger partial charge in [-0.2, -0.15) is 0 Å². The molecule has 0 amide bonds. The van der Waals surface area contributed by atoms with Crippen molar-refractivity contribution in [1.29, 1.82) is 0 Å². The molecule has 1 aliphatic rings. The summed E-state index contributed by atoms with van der Waals surface area (Å²) in [5, 5.41) is 3.04. The molecular formula is C13H23N3O2S. The Morgan fingerprint density at radius 1 is 1.53 bits per heavy atom. The number of aromatic nitrogens is 2. The largest absolute Gasteiger partial charge is 0.337 e. The van der Waals surface area contributed by atoms with Gasteiger partial charge in [-0.15, -0.1) is 0 Å². The highest BCUT2D eigenvalue weighted by molar-refractivity contribution is 7.92. The van der Waals surface area contributed by atoms with Crippen LogP contribution in [0.25, 0.3) is 0 Å². The van der Waals surface area contributed by atoms with Gasteiger partial charge in [0.15, 0.2) is 9.84 Å². The Bertz CT molecular complexity index is 510. The molecule has 19 heavy (non-hydrogen) atoms. The van der Waals surface area contributed by atoms with Crippen molar-refractivity contribution in [3.05, 3.63) is 18.2 Å². The Labute approximate surface area is 115 Å². The van der Waals surface area contributed by atoms with Crippen molar-refractivity contribution in [3.63, 3.8) is 0 Å². The molecule has 1 saturated heterocycles. The third-order valence-electron chi connectivity index (χ3n) is 3.75. The first kappa shape index (κ1) is 14.5. The van der Waals surface area contributed by atoms with E-state index in [-0.39, 0.29) is 11.3 Å². The Kier molecular flexibility index (Phi) is 4.62. The van der Waals surface area contributed by atoms with Gasteiger partial charge in [-0.1, -0.05) is 13.3 Å². The molecule has 2 atom stereocenters. The lowest BCUT2D eigenvalue weighted by molar-refractivity contribution is 0.425. The maximum absolute atomic E-state index is 12.3. The van der Waals surface area contributed by atoms with E-state index in [1.165, 1.54) is 0 Å². The number of imidazole rings is 1. The van der Waals surface area contributed by atoms with E-state index in [0.29, 0.717) is 5.75 Å². The van der Waals surface area contributed by atoms with Crippen molar-refractivity contribution < 1.29 is 8.42 Å². The van der Waals surface area contributed by atoms with Gasteiger partial charge < -0.3 is 9.88 Å². The van der Waals surface area contributed by atoms with Crippen molar-refractivity contribution in [1.82, 2.24) is 14.9 Å². The van der Waals surface area contributed by atoms with Gasteiger partial charge in [0, 0.05) is 19.4 Å². The first-order chi connectivity index (χ1) is 9.06. The molecule has 1 aromatic heterocycles. The molecule has 0 radical (unpaired) electrons. The smallest absolute Gasteiger partial charge is 0.155 e. The number of sulfone groups is 1. The summed E-state index contributed by atoms with van der Waals surface area (Å²) in [6.07, 6.45) is 7.08. The molecule has 1 N–H and O–H groups in total. The van der Waals surface area contributed by atoms with Gasteiger partial charge in [0.25, 0.3) is 0 Å². The number of aryl methyl sites for hydroxylation is 1. The van der Waals surface area contributed by atoms with Crippen LogP contribution in [0.4, 0.5) is 0 Å². The number of hydrogen-bond acceptors (Lipinski definition) is 4. The molecule has 1 aliphatic heterocycles. The van der Waals surface area contributed by atoms with Crippen molar-refractivity contribution in [2.45, 2.75) is 43.9 Å². The van der Waals surface area contributed by atoms with Crippen molar-refractivity contribution in [2.24, 2.45) is 7.05 Å². The minimum Gasteiger partial charge on any atom is -0.337 e. The van der Waals surface area contributed by atoms with Crippen molar-refractivity contribution >= 4 is 9.84 Å². The lowest BCUT2D eigenvalue weighted by Gasteiger charge is -2.30. The SMILES string of the molecule is CCCNC(c1nccn1C)C1CCCCS1(=O)=O. The Hall–Kier alpha value is -0.880. The minimum atomic E-state index is -3.01. The van der Waals surface area contributed by atoms with E-state index in [0.717, 1.165) is 38.1 Å².